The van der Waals surface area contributed by atoms with E-state index in [2.05, 4.69) is 58.3 Å². The van der Waals surface area contributed by atoms with E-state index in [4.69, 9.17) is 14.2 Å². The van der Waals surface area contributed by atoms with Crippen LogP contribution in [0.5, 0.6) is 5.75 Å². The second-order valence-electron chi connectivity index (χ2n) is 12.1. The highest BCUT2D eigenvalue weighted by Crippen LogP contribution is 2.40. The largest absolute Gasteiger partial charge is 0.490 e. The first-order chi connectivity index (χ1) is 22.7. The lowest BCUT2D eigenvalue weighted by Gasteiger charge is -2.25. The molecule has 0 bridgehead atoms. The number of amides is 2. The number of hydrogen-bond acceptors (Lipinski definition) is 9. The summed E-state index contributed by atoms with van der Waals surface area (Å²) in [5, 5.41) is 15.0. The number of rotatable bonds is 11. The third-order valence-corrected chi connectivity index (χ3v) is 9.45. The van der Waals surface area contributed by atoms with Crippen molar-refractivity contribution in [3.05, 3.63) is 77.4 Å². The van der Waals surface area contributed by atoms with Crippen LogP contribution >= 0.6 is 11.3 Å². The van der Waals surface area contributed by atoms with Gasteiger partial charge in [0.05, 0.1) is 24.5 Å². The van der Waals surface area contributed by atoms with E-state index in [1.807, 2.05) is 5.38 Å². The zero-order valence-electron chi connectivity index (χ0n) is 26.6. The van der Waals surface area contributed by atoms with E-state index < -0.39 is 17.5 Å². The number of carbonyl (C=O) groups is 2. The van der Waals surface area contributed by atoms with Gasteiger partial charge in [-0.1, -0.05) is 18.7 Å². The number of likely N-dealkylation sites (N-methyl/N-ethyl adjacent to an activating group) is 1. The highest BCUT2D eigenvalue weighted by atomic mass is 32.1. The van der Waals surface area contributed by atoms with Gasteiger partial charge in [-0.05, 0) is 67.2 Å². The predicted octanol–water partition coefficient (Wildman–Crippen LogP) is 5.45. The Bertz CT molecular complexity index is 1800. The minimum Gasteiger partial charge on any atom is -0.490 e. The van der Waals surface area contributed by atoms with Gasteiger partial charge in [-0.3, -0.25) is 4.79 Å². The molecule has 1 atom stereocenters. The molecule has 0 aliphatic carbocycles. The summed E-state index contributed by atoms with van der Waals surface area (Å²) in [4.78, 5) is 28.0. The Morgan fingerprint density at radius 1 is 1.09 bits per heavy atom. The van der Waals surface area contributed by atoms with Crippen molar-refractivity contribution in [3.63, 3.8) is 0 Å². The van der Waals surface area contributed by atoms with Crippen LogP contribution in [0.25, 0.3) is 32.6 Å². The van der Waals surface area contributed by atoms with Crippen molar-refractivity contribution in [2.75, 3.05) is 53.0 Å². The molecule has 0 spiro atoms. The van der Waals surface area contributed by atoms with Crippen LogP contribution < -0.4 is 10.1 Å². The third-order valence-electron chi connectivity index (χ3n) is 8.53. The summed E-state index contributed by atoms with van der Waals surface area (Å²) in [5.74, 6) is -0.260. The first kappa shape index (κ1) is 32.5. The van der Waals surface area contributed by atoms with Gasteiger partial charge in [0, 0.05) is 55.2 Å². The second kappa shape index (κ2) is 14.2. The standard InChI is InChI=1S/C35H38FN5O5S/c1-4-30(42)41-14-11-35(2,22-41)46-34(43)37-12-15-44-16-17-45-29-20-26(36)7-8-27(29)32-33-28(10-18-47-33)31(38-39-32)24-5-6-25-21-40(3)13-9-23(25)19-24/h4-8,10,18-20H,1,9,11-17,21-22H2,2-3H3,(H,37,43)/t35-/m0/s1. The average Bonchev–Trinajstić information content (AvgIpc) is 3.71. The molecule has 2 aliphatic rings. The summed E-state index contributed by atoms with van der Waals surface area (Å²) in [6.07, 6.45) is 2.23. The molecule has 6 rings (SSSR count). The molecule has 12 heteroatoms. The molecule has 0 radical (unpaired) electrons. The van der Waals surface area contributed by atoms with Gasteiger partial charge in [0.1, 0.15) is 35.2 Å². The molecule has 47 heavy (non-hydrogen) atoms. The molecule has 1 fully saturated rings. The number of thiophene rings is 1. The average molecular weight is 660 g/mol. The van der Waals surface area contributed by atoms with Crippen LogP contribution in [0.1, 0.15) is 24.5 Å². The normalized spacial score (nSPS) is 17.8. The summed E-state index contributed by atoms with van der Waals surface area (Å²) < 4.78 is 32.4. The third kappa shape index (κ3) is 7.45. The highest BCUT2D eigenvalue weighted by Gasteiger charge is 2.38. The van der Waals surface area contributed by atoms with E-state index in [1.165, 1.54) is 29.3 Å². The Balaban J connectivity index is 1.04. The number of hydrogen-bond donors (Lipinski definition) is 1. The first-order valence-electron chi connectivity index (χ1n) is 15.7. The number of ether oxygens (including phenoxy) is 3. The number of nitrogens with zero attached hydrogens (tertiary/aromatic N) is 4. The highest BCUT2D eigenvalue weighted by molar-refractivity contribution is 7.17. The molecule has 2 amide bonds. The molecular formula is C35H38FN5O5S. The van der Waals surface area contributed by atoms with Crippen molar-refractivity contribution < 1.29 is 28.2 Å². The monoisotopic (exact) mass is 659 g/mol. The summed E-state index contributed by atoms with van der Waals surface area (Å²) in [7, 11) is 2.14. The molecule has 2 aliphatic heterocycles. The Hall–Kier alpha value is -4.39. The fourth-order valence-electron chi connectivity index (χ4n) is 6.05. The van der Waals surface area contributed by atoms with Crippen LogP contribution in [0.15, 0.2) is 60.5 Å². The lowest BCUT2D eigenvalue weighted by atomic mass is 9.95. The number of carbonyl (C=O) groups excluding carboxylic acids is 2. The Kier molecular flexibility index (Phi) is 9.81. The minimum absolute atomic E-state index is 0.162. The van der Waals surface area contributed by atoms with Crippen molar-refractivity contribution in [1.82, 2.24) is 25.3 Å². The predicted molar refractivity (Wildman–Crippen MR) is 179 cm³/mol. The maximum absolute atomic E-state index is 14.3. The second-order valence-corrected chi connectivity index (χ2v) is 13.0. The summed E-state index contributed by atoms with van der Waals surface area (Å²) >= 11 is 1.56. The number of alkyl carbamates (subject to hydrolysis) is 1. The first-order valence-corrected chi connectivity index (χ1v) is 16.5. The number of benzene rings is 2. The van der Waals surface area contributed by atoms with Gasteiger partial charge < -0.3 is 29.3 Å². The molecule has 4 heterocycles. The SMILES string of the molecule is C=CC(=O)N1CC[C@](C)(OC(=O)NCCOCCOc2cc(F)ccc2-c2nnc(-c3ccc4c(c3)CCN(C)C4)c3ccsc23)C1. The van der Waals surface area contributed by atoms with Crippen molar-refractivity contribution in [1.29, 1.82) is 0 Å². The van der Waals surface area contributed by atoms with Crippen LogP contribution in [0.3, 0.4) is 0 Å². The van der Waals surface area contributed by atoms with Crippen molar-refractivity contribution in [3.8, 4) is 28.3 Å². The zero-order valence-corrected chi connectivity index (χ0v) is 27.4. The fraction of sp³-hybridized carbons (Fsp3) is 0.371. The van der Waals surface area contributed by atoms with Crippen molar-refractivity contribution in [2.24, 2.45) is 0 Å². The molecule has 2 aromatic carbocycles. The van der Waals surface area contributed by atoms with Crippen molar-refractivity contribution in [2.45, 2.75) is 31.9 Å². The lowest BCUT2D eigenvalue weighted by Crippen LogP contribution is -2.40. The van der Waals surface area contributed by atoms with E-state index in [-0.39, 0.29) is 32.3 Å². The van der Waals surface area contributed by atoms with Gasteiger partial charge in [-0.15, -0.1) is 21.5 Å². The van der Waals surface area contributed by atoms with E-state index in [9.17, 15) is 14.0 Å². The van der Waals surface area contributed by atoms with Crippen LogP contribution in [0, 0.1) is 5.82 Å². The molecule has 0 unspecified atom stereocenters. The molecule has 10 nitrogen and oxygen atoms in total. The number of fused-ring (bicyclic) bond motifs is 2. The van der Waals surface area contributed by atoms with E-state index in [0.717, 1.165) is 40.9 Å². The van der Waals surface area contributed by atoms with Crippen LogP contribution in [-0.2, 0) is 27.2 Å². The number of likely N-dealkylation sites (tertiary alicyclic amines) is 1. The lowest BCUT2D eigenvalue weighted by molar-refractivity contribution is -0.125. The van der Waals surface area contributed by atoms with Gasteiger partial charge in [0.25, 0.3) is 0 Å². The molecule has 1 N–H and O–H groups in total. The van der Waals surface area contributed by atoms with Crippen LogP contribution in [0.2, 0.25) is 0 Å². The molecule has 246 valence electrons. The summed E-state index contributed by atoms with van der Waals surface area (Å²) in [5.41, 5.74) is 5.06. The van der Waals surface area contributed by atoms with E-state index >= 15 is 0 Å². The van der Waals surface area contributed by atoms with Gasteiger partial charge in [-0.25, -0.2) is 9.18 Å². The molecule has 2 aromatic heterocycles. The van der Waals surface area contributed by atoms with E-state index in [1.54, 1.807) is 29.2 Å². The Morgan fingerprint density at radius 2 is 1.94 bits per heavy atom. The van der Waals surface area contributed by atoms with Crippen LogP contribution in [0.4, 0.5) is 9.18 Å². The van der Waals surface area contributed by atoms with Crippen molar-refractivity contribution >= 4 is 33.4 Å². The fourth-order valence-corrected chi connectivity index (χ4v) is 6.95. The van der Waals surface area contributed by atoms with Gasteiger partial charge in [-0.2, -0.15) is 0 Å². The van der Waals surface area contributed by atoms with Gasteiger partial charge in [0.2, 0.25) is 5.91 Å². The Labute approximate surface area is 277 Å². The topological polar surface area (TPSA) is 106 Å². The minimum atomic E-state index is -0.752. The summed E-state index contributed by atoms with van der Waals surface area (Å²) in [6.45, 7) is 8.94. The van der Waals surface area contributed by atoms with Gasteiger partial charge in [0.15, 0.2) is 0 Å². The maximum atomic E-state index is 14.3. The van der Waals surface area contributed by atoms with Crippen LogP contribution in [-0.4, -0.2) is 90.6 Å². The van der Waals surface area contributed by atoms with E-state index in [0.29, 0.717) is 36.5 Å². The maximum Gasteiger partial charge on any atom is 0.407 e. The molecule has 0 saturated carbocycles. The smallest absolute Gasteiger partial charge is 0.407 e. The molecule has 1 saturated heterocycles. The quantitative estimate of drug-likeness (QED) is 0.167. The molecule has 4 aromatic rings. The number of nitrogens with one attached hydrogen (secondary N) is 1. The zero-order chi connectivity index (χ0) is 33.0. The number of halogens is 1. The van der Waals surface area contributed by atoms with Gasteiger partial charge >= 0.3 is 6.09 Å². The molecular weight excluding hydrogens is 621 g/mol. The summed E-state index contributed by atoms with van der Waals surface area (Å²) in [6, 6.07) is 13.0. The Morgan fingerprint density at radius 3 is 2.79 bits per heavy atom. The number of aromatic nitrogens is 2.